The average Bonchev–Trinajstić information content (AvgIpc) is 3.14. The van der Waals surface area contributed by atoms with Gasteiger partial charge in [-0.25, -0.2) is 0 Å². The van der Waals surface area contributed by atoms with Crippen molar-refractivity contribution in [3.63, 3.8) is 0 Å². The third-order valence-electron chi connectivity index (χ3n) is 7.02. The molecule has 0 aromatic heterocycles. The Bertz CT molecular complexity index is 929. The van der Waals surface area contributed by atoms with E-state index < -0.39 is 8.32 Å². The number of rotatable bonds is 7. The minimum atomic E-state index is -2.46. The van der Waals surface area contributed by atoms with Gasteiger partial charge in [0.25, 0.3) is 8.32 Å². The maximum atomic E-state index is 7.23. The first-order valence-corrected chi connectivity index (χ1v) is 13.8. The van der Waals surface area contributed by atoms with E-state index >= 15 is 0 Å². The van der Waals surface area contributed by atoms with E-state index in [-0.39, 0.29) is 5.04 Å². The van der Waals surface area contributed by atoms with E-state index in [9.17, 15) is 0 Å². The van der Waals surface area contributed by atoms with Crippen molar-refractivity contribution < 1.29 is 4.43 Å². The SMILES string of the molecule is CC1CN(Cc2ccccc2)CC1CO[Si](c1ccccc1)(c1ccccc1)C(C)(C)C. The Morgan fingerprint density at radius 1 is 0.781 bits per heavy atom. The van der Waals surface area contributed by atoms with Crippen molar-refractivity contribution in [1.82, 2.24) is 4.90 Å². The van der Waals surface area contributed by atoms with Crippen molar-refractivity contribution in [2.24, 2.45) is 11.8 Å². The van der Waals surface area contributed by atoms with Crippen molar-refractivity contribution >= 4 is 18.7 Å². The smallest absolute Gasteiger partial charge is 0.261 e. The van der Waals surface area contributed by atoms with Crippen LogP contribution in [0.2, 0.25) is 5.04 Å². The molecular formula is C29H37NOSi. The van der Waals surface area contributed by atoms with Crippen LogP contribution in [0.1, 0.15) is 33.3 Å². The minimum absolute atomic E-state index is 0.0290. The van der Waals surface area contributed by atoms with Gasteiger partial charge in [0.2, 0.25) is 0 Å². The predicted molar refractivity (Wildman–Crippen MR) is 138 cm³/mol. The highest BCUT2D eigenvalue weighted by molar-refractivity contribution is 6.99. The average molecular weight is 444 g/mol. The number of likely N-dealkylation sites (tertiary alicyclic amines) is 1. The van der Waals surface area contributed by atoms with Crippen LogP contribution in [0.4, 0.5) is 0 Å². The van der Waals surface area contributed by atoms with Crippen LogP contribution in [0.5, 0.6) is 0 Å². The van der Waals surface area contributed by atoms with Gasteiger partial charge in [-0.15, -0.1) is 0 Å². The number of hydrogen-bond donors (Lipinski definition) is 0. The Labute approximate surface area is 195 Å². The fourth-order valence-corrected chi connectivity index (χ4v) is 9.94. The van der Waals surface area contributed by atoms with Gasteiger partial charge in [0.15, 0.2) is 0 Å². The van der Waals surface area contributed by atoms with Gasteiger partial charge in [0.05, 0.1) is 0 Å². The van der Waals surface area contributed by atoms with E-state index in [1.165, 1.54) is 15.9 Å². The van der Waals surface area contributed by atoms with E-state index in [0.29, 0.717) is 11.8 Å². The first-order valence-electron chi connectivity index (χ1n) is 11.9. The quantitative estimate of drug-likeness (QED) is 0.458. The molecular weight excluding hydrogens is 406 g/mol. The monoisotopic (exact) mass is 443 g/mol. The lowest BCUT2D eigenvalue weighted by atomic mass is 10.00. The molecule has 3 aromatic rings. The van der Waals surface area contributed by atoms with Gasteiger partial charge in [0.1, 0.15) is 0 Å². The van der Waals surface area contributed by atoms with Crippen LogP contribution in [0.25, 0.3) is 0 Å². The summed E-state index contributed by atoms with van der Waals surface area (Å²) in [4.78, 5) is 2.60. The molecule has 0 amide bonds. The molecule has 0 spiro atoms. The molecule has 1 fully saturated rings. The van der Waals surface area contributed by atoms with Crippen molar-refractivity contribution in [2.45, 2.75) is 39.3 Å². The molecule has 32 heavy (non-hydrogen) atoms. The van der Waals surface area contributed by atoms with E-state index in [0.717, 1.165) is 26.2 Å². The third-order valence-corrected chi connectivity index (χ3v) is 12.0. The number of benzene rings is 3. The molecule has 0 saturated carbocycles. The molecule has 1 aliphatic heterocycles. The molecule has 3 heteroatoms. The summed E-state index contributed by atoms with van der Waals surface area (Å²) in [5, 5.41) is 2.76. The largest absolute Gasteiger partial charge is 0.407 e. The fraction of sp³-hybridized carbons (Fsp3) is 0.379. The first kappa shape index (κ1) is 23.0. The van der Waals surface area contributed by atoms with E-state index in [2.05, 4.69) is 124 Å². The molecule has 2 unspecified atom stereocenters. The van der Waals surface area contributed by atoms with Crippen LogP contribution in [0.15, 0.2) is 91.0 Å². The standard InChI is InChI=1S/C29H37NOSi/c1-24-20-30(21-25-14-8-5-9-15-25)22-26(24)23-31-32(29(2,3)4,27-16-10-6-11-17-27)28-18-12-7-13-19-28/h5-19,24,26H,20-23H2,1-4H3. The zero-order valence-corrected chi connectivity index (χ0v) is 21.0. The predicted octanol–water partition coefficient (Wildman–Crippen LogP) is 5.33. The van der Waals surface area contributed by atoms with E-state index in [4.69, 9.17) is 4.43 Å². The third kappa shape index (κ3) is 4.75. The van der Waals surface area contributed by atoms with Crippen LogP contribution in [0, 0.1) is 11.8 Å². The zero-order chi connectivity index (χ0) is 22.6. The number of nitrogens with zero attached hydrogens (tertiary/aromatic N) is 1. The van der Waals surface area contributed by atoms with Gasteiger partial charge in [-0.1, -0.05) is 119 Å². The van der Waals surface area contributed by atoms with E-state index in [1.807, 2.05) is 0 Å². The summed E-state index contributed by atoms with van der Waals surface area (Å²) in [5.74, 6) is 1.19. The topological polar surface area (TPSA) is 12.5 Å². The fourth-order valence-electron chi connectivity index (χ4n) is 5.32. The van der Waals surface area contributed by atoms with Crippen molar-refractivity contribution in [3.8, 4) is 0 Å². The Balaban J connectivity index is 1.58. The van der Waals surface area contributed by atoms with Gasteiger partial charge >= 0.3 is 0 Å². The molecule has 168 valence electrons. The molecule has 4 rings (SSSR count). The van der Waals surface area contributed by atoms with Gasteiger partial charge in [-0.2, -0.15) is 0 Å². The van der Waals surface area contributed by atoms with Crippen LogP contribution in [-0.4, -0.2) is 32.9 Å². The lowest BCUT2D eigenvalue weighted by Gasteiger charge is -2.43. The minimum Gasteiger partial charge on any atom is -0.407 e. The molecule has 1 aliphatic rings. The maximum absolute atomic E-state index is 7.23. The summed E-state index contributed by atoms with van der Waals surface area (Å²) in [6, 6.07) is 32.8. The normalized spacial score (nSPS) is 19.9. The number of hydrogen-bond acceptors (Lipinski definition) is 2. The molecule has 1 heterocycles. The van der Waals surface area contributed by atoms with E-state index in [1.54, 1.807) is 0 Å². The Hall–Kier alpha value is -2.20. The van der Waals surface area contributed by atoms with Gasteiger partial charge in [0, 0.05) is 26.2 Å². The second-order valence-electron chi connectivity index (χ2n) is 10.4. The maximum Gasteiger partial charge on any atom is 0.261 e. The van der Waals surface area contributed by atoms with Crippen LogP contribution < -0.4 is 10.4 Å². The van der Waals surface area contributed by atoms with Crippen molar-refractivity contribution in [2.75, 3.05) is 19.7 Å². The second kappa shape index (κ2) is 9.74. The van der Waals surface area contributed by atoms with Crippen LogP contribution in [-0.2, 0) is 11.0 Å². The highest BCUT2D eigenvalue weighted by atomic mass is 28.4. The molecule has 0 N–H and O–H groups in total. The van der Waals surface area contributed by atoms with Crippen molar-refractivity contribution in [1.29, 1.82) is 0 Å². The Kier molecular flexibility index (Phi) is 6.99. The van der Waals surface area contributed by atoms with Crippen LogP contribution >= 0.6 is 0 Å². The Morgan fingerprint density at radius 2 is 1.28 bits per heavy atom. The Morgan fingerprint density at radius 3 is 1.78 bits per heavy atom. The summed E-state index contributed by atoms with van der Waals surface area (Å²) >= 11 is 0. The molecule has 3 aromatic carbocycles. The summed E-state index contributed by atoms with van der Waals surface area (Å²) in [5.41, 5.74) is 1.40. The lowest BCUT2D eigenvalue weighted by Crippen LogP contribution is -2.67. The zero-order valence-electron chi connectivity index (χ0n) is 20.0. The summed E-state index contributed by atoms with van der Waals surface area (Å²) in [7, 11) is -2.46. The molecule has 0 radical (unpaired) electrons. The molecule has 0 bridgehead atoms. The lowest BCUT2D eigenvalue weighted by molar-refractivity contribution is 0.213. The first-order chi connectivity index (χ1) is 15.4. The van der Waals surface area contributed by atoms with Gasteiger partial charge in [-0.05, 0) is 32.8 Å². The van der Waals surface area contributed by atoms with Gasteiger partial charge < -0.3 is 4.43 Å². The molecule has 0 aliphatic carbocycles. The molecule has 1 saturated heterocycles. The highest BCUT2D eigenvalue weighted by Crippen LogP contribution is 2.38. The highest BCUT2D eigenvalue weighted by Gasteiger charge is 2.50. The molecule has 2 atom stereocenters. The van der Waals surface area contributed by atoms with Crippen molar-refractivity contribution in [3.05, 3.63) is 96.6 Å². The second-order valence-corrected chi connectivity index (χ2v) is 14.7. The summed E-state index contributed by atoms with van der Waals surface area (Å²) in [6.07, 6.45) is 0. The summed E-state index contributed by atoms with van der Waals surface area (Å²) < 4.78 is 7.23. The van der Waals surface area contributed by atoms with Gasteiger partial charge in [-0.3, -0.25) is 4.90 Å². The summed E-state index contributed by atoms with van der Waals surface area (Å²) in [6.45, 7) is 13.6. The van der Waals surface area contributed by atoms with Crippen LogP contribution in [0.3, 0.4) is 0 Å². The molecule has 2 nitrogen and oxygen atoms in total.